The summed E-state index contributed by atoms with van der Waals surface area (Å²) in [4.78, 5) is 13.2. The fraction of sp³-hybridized carbons (Fsp3) is 0.409. The van der Waals surface area contributed by atoms with Gasteiger partial charge in [0.2, 0.25) is 0 Å². The SMILES string of the molecule is CC1(C)OB(c2ccc3c(c2)CN(C(=O)O)CC3c2ccc(Cl)c(Cl)c2)OC1(C)C. The lowest BCUT2D eigenvalue weighted by Gasteiger charge is -2.34. The predicted octanol–water partition coefficient (Wildman–Crippen LogP) is 4.92. The highest BCUT2D eigenvalue weighted by atomic mass is 35.5. The molecule has 1 atom stereocenters. The van der Waals surface area contributed by atoms with Crippen LogP contribution < -0.4 is 5.46 Å². The van der Waals surface area contributed by atoms with Gasteiger partial charge < -0.3 is 19.3 Å². The third-order valence-electron chi connectivity index (χ3n) is 6.45. The van der Waals surface area contributed by atoms with Crippen LogP contribution in [-0.4, -0.2) is 41.0 Å². The minimum atomic E-state index is -0.952. The van der Waals surface area contributed by atoms with Crippen molar-refractivity contribution in [1.29, 1.82) is 0 Å². The molecule has 1 fully saturated rings. The van der Waals surface area contributed by atoms with Crippen molar-refractivity contribution in [2.75, 3.05) is 6.54 Å². The van der Waals surface area contributed by atoms with E-state index in [2.05, 4.69) is 0 Å². The monoisotopic (exact) mass is 447 g/mol. The Morgan fingerprint density at radius 3 is 2.33 bits per heavy atom. The first kappa shape index (κ1) is 21.5. The number of fused-ring (bicyclic) bond motifs is 1. The van der Waals surface area contributed by atoms with Crippen LogP contribution in [0, 0.1) is 0 Å². The molecule has 0 saturated carbocycles. The Hall–Kier alpha value is -1.73. The second-order valence-corrected chi connectivity index (χ2v) is 9.75. The predicted molar refractivity (Wildman–Crippen MR) is 119 cm³/mol. The number of amides is 1. The Morgan fingerprint density at radius 1 is 1.07 bits per heavy atom. The third kappa shape index (κ3) is 3.71. The standard InChI is InChI=1S/C22H24BCl2NO4/c1-21(2)22(3,4)30-23(29-21)15-6-7-16-14(9-15)11-26(20(27)28)12-17(16)13-5-8-18(24)19(25)10-13/h5-10,17H,11-12H2,1-4H3,(H,27,28). The van der Waals surface area contributed by atoms with Crippen molar-refractivity contribution in [3.8, 4) is 0 Å². The molecule has 5 nitrogen and oxygen atoms in total. The van der Waals surface area contributed by atoms with Gasteiger partial charge in [-0.25, -0.2) is 4.79 Å². The normalized spacial score (nSPS) is 22.1. The summed E-state index contributed by atoms with van der Waals surface area (Å²) in [5.74, 6) is -0.132. The first-order valence-corrected chi connectivity index (χ1v) is 10.7. The van der Waals surface area contributed by atoms with Crippen LogP contribution in [0.25, 0.3) is 0 Å². The fourth-order valence-corrected chi connectivity index (χ4v) is 4.28. The number of carbonyl (C=O) groups is 1. The topological polar surface area (TPSA) is 59.0 Å². The van der Waals surface area contributed by atoms with Gasteiger partial charge in [0.15, 0.2) is 0 Å². The fourth-order valence-electron chi connectivity index (χ4n) is 3.98. The maximum Gasteiger partial charge on any atom is 0.494 e. The minimum Gasteiger partial charge on any atom is -0.465 e. The summed E-state index contributed by atoms with van der Waals surface area (Å²) in [6, 6.07) is 11.5. The molecule has 30 heavy (non-hydrogen) atoms. The summed E-state index contributed by atoms with van der Waals surface area (Å²) >= 11 is 12.3. The lowest BCUT2D eigenvalue weighted by atomic mass is 9.75. The molecule has 2 aliphatic rings. The van der Waals surface area contributed by atoms with Crippen LogP contribution >= 0.6 is 23.2 Å². The van der Waals surface area contributed by atoms with E-state index in [1.165, 1.54) is 4.90 Å². The van der Waals surface area contributed by atoms with Crippen LogP contribution in [0.2, 0.25) is 10.0 Å². The second-order valence-electron chi connectivity index (χ2n) is 8.94. The molecular weight excluding hydrogens is 424 g/mol. The zero-order valence-corrected chi connectivity index (χ0v) is 18.9. The summed E-state index contributed by atoms with van der Waals surface area (Å²) in [7, 11) is -0.496. The molecule has 158 valence electrons. The van der Waals surface area contributed by atoms with Gasteiger partial charge in [0.05, 0.1) is 21.2 Å². The van der Waals surface area contributed by atoms with Crippen LogP contribution in [-0.2, 0) is 15.9 Å². The Kier molecular flexibility index (Phi) is 5.34. The second kappa shape index (κ2) is 7.45. The molecule has 1 unspecified atom stereocenters. The van der Waals surface area contributed by atoms with E-state index in [9.17, 15) is 9.90 Å². The van der Waals surface area contributed by atoms with Crippen molar-refractivity contribution in [2.45, 2.75) is 51.4 Å². The van der Waals surface area contributed by atoms with Crippen LogP contribution in [0.1, 0.15) is 50.3 Å². The van der Waals surface area contributed by atoms with Gasteiger partial charge in [-0.15, -0.1) is 0 Å². The molecule has 1 amide bonds. The molecule has 4 rings (SSSR count). The van der Waals surface area contributed by atoms with Gasteiger partial charge in [-0.3, -0.25) is 0 Å². The van der Waals surface area contributed by atoms with Crippen molar-refractivity contribution in [1.82, 2.24) is 4.90 Å². The minimum absolute atomic E-state index is 0.132. The van der Waals surface area contributed by atoms with Crippen LogP contribution in [0.5, 0.6) is 0 Å². The lowest BCUT2D eigenvalue weighted by Crippen LogP contribution is -2.41. The van der Waals surface area contributed by atoms with E-state index in [0.717, 1.165) is 22.2 Å². The Morgan fingerprint density at radius 2 is 1.73 bits per heavy atom. The van der Waals surface area contributed by atoms with Crippen molar-refractivity contribution in [3.63, 3.8) is 0 Å². The van der Waals surface area contributed by atoms with Gasteiger partial charge in [-0.2, -0.15) is 0 Å². The number of nitrogens with zero attached hydrogens (tertiary/aromatic N) is 1. The molecular formula is C22H24BCl2NO4. The van der Waals surface area contributed by atoms with Gasteiger partial charge in [0, 0.05) is 19.0 Å². The molecule has 2 aromatic carbocycles. The summed E-state index contributed by atoms with van der Waals surface area (Å²) in [6.07, 6.45) is -0.952. The quantitative estimate of drug-likeness (QED) is 0.664. The van der Waals surface area contributed by atoms with E-state index in [-0.39, 0.29) is 5.92 Å². The summed E-state index contributed by atoms with van der Waals surface area (Å²) in [6.45, 7) is 8.72. The van der Waals surface area contributed by atoms with Gasteiger partial charge in [-0.05, 0) is 62.0 Å². The summed E-state index contributed by atoms with van der Waals surface area (Å²) in [5, 5.41) is 10.6. The number of hydrogen-bond donors (Lipinski definition) is 1. The van der Waals surface area contributed by atoms with E-state index in [0.29, 0.717) is 23.1 Å². The average Bonchev–Trinajstić information content (AvgIpc) is 2.90. The Bertz CT molecular complexity index is 995. The van der Waals surface area contributed by atoms with E-state index in [4.69, 9.17) is 32.5 Å². The van der Waals surface area contributed by atoms with E-state index >= 15 is 0 Å². The largest absolute Gasteiger partial charge is 0.494 e. The smallest absolute Gasteiger partial charge is 0.465 e. The van der Waals surface area contributed by atoms with Gasteiger partial charge in [-0.1, -0.05) is 47.5 Å². The molecule has 1 N–H and O–H groups in total. The zero-order valence-electron chi connectivity index (χ0n) is 17.4. The highest BCUT2D eigenvalue weighted by molar-refractivity contribution is 6.62. The Labute approximate surface area is 187 Å². The molecule has 8 heteroatoms. The maximum absolute atomic E-state index is 11.8. The summed E-state index contributed by atoms with van der Waals surface area (Å²) < 4.78 is 12.3. The van der Waals surface area contributed by atoms with Crippen LogP contribution in [0.4, 0.5) is 4.79 Å². The first-order chi connectivity index (χ1) is 14.0. The average molecular weight is 448 g/mol. The summed E-state index contributed by atoms with van der Waals surface area (Å²) in [5.41, 5.74) is 2.94. The van der Waals surface area contributed by atoms with Crippen molar-refractivity contribution >= 4 is 41.9 Å². The molecule has 2 aliphatic heterocycles. The van der Waals surface area contributed by atoms with Crippen LogP contribution in [0.15, 0.2) is 36.4 Å². The highest BCUT2D eigenvalue weighted by Crippen LogP contribution is 2.38. The number of halogens is 2. The zero-order chi connectivity index (χ0) is 21.8. The number of hydrogen-bond acceptors (Lipinski definition) is 3. The number of rotatable bonds is 2. The third-order valence-corrected chi connectivity index (χ3v) is 7.19. The highest BCUT2D eigenvalue weighted by Gasteiger charge is 2.51. The number of carboxylic acid groups (broad SMARTS) is 1. The van der Waals surface area contributed by atoms with E-state index in [1.807, 2.05) is 58.0 Å². The van der Waals surface area contributed by atoms with Crippen LogP contribution in [0.3, 0.4) is 0 Å². The van der Waals surface area contributed by atoms with Gasteiger partial charge in [0.1, 0.15) is 0 Å². The molecule has 2 aromatic rings. The van der Waals surface area contributed by atoms with Crippen molar-refractivity contribution in [2.24, 2.45) is 0 Å². The van der Waals surface area contributed by atoms with Gasteiger partial charge in [0.25, 0.3) is 0 Å². The Balaban J connectivity index is 1.73. The molecule has 0 radical (unpaired) electrons. The van der Waals surface area contributed by atoms with E-state index in [1.54, 1.807) is 6.07 Å². The van der Waals surface area contributed by atoms with E-state index < -0.39 is 24.4 Å². The van der Waals surface area contributed by atoms with Crippen molar-refractivity contribution < 1.29 is 19.2 Å². The molecule has 0 aliphatic carbocycles. The molecule has 1 saturated heterocycles. The number of benzene rings is 2. The van der Waals surface area contributed by atoms with Crippen molar-refractivity contribution in [3.05, 3.63) is 63.1 Å². The maximum atomic E-state index is 11.8. The molecule has 0 bridgehead atoms. The molecule has 0 spiro atoms. The van der Waals surface area contributed by atoms with Gasteiger partial charge >= 0.3 is 13.2 Å². The lowest BCUT2D eigenvalue weighted by molar-refractivity contribution is 0.00578. The molecule has 2 heterocycles. The first-order valence-electron chi connectivity index (χ1n) is 9.90. The molecule has 0 aromatic heterocycles.